The average molecular weight is 511 g/mol. The molecule has 0 atom stereocenters. The van der Waals surface area contributed by atoms with Crippen molar-refractivity contribution >= 4 is 12.2 Å². The van der Waals surface area contributed by atoms with Crippen LogP contribution in [-0.4, -0.2) is 0 Å². The van der Waals surface area contributed by atoms with Crippen LogP contribution in [0.1, 0.15) is 118 Å². The molecule has 0 saturated carbocycles. The Morgan fingerprint density at radius 3 is 1.11 bits per heavy atom. The van der Waals surface area contributed by atoms with Gasteiger partial charge in [-0.1, -0.05) is 118 Å². The monoisotopic (exact) mass is 510 g/mol. The Balaban J connectivity index is 2.44. The molecular weight excluding hydrogens is 456 g/mol. The molecule has 0 aliphatic rings. The second kappa shape index (κ2) is 20.1. The molecule has 1 rings (SSSR count). The normalized spacial score (nSPS) is 13.5. The smallest absolute Gasteiger partial charge is 0.0256 e. The quantitative estimate of drug-likeness (QED) is 0.153. The van der Waals surface area contributed by atoms with Crippen LogP contribution in [0.15, 0.2) is 106 Å². The molecule has 0 spiro atoms. The maximum Gasteiger partial charge on any atom is -0.0256 e. The van der Waals surface area contributed by atoms with Gasteiger partial charge in [0.25, 0.3) is 0 Å². The summed E-state index contributed by atoms with van der Waals surface area (Å²) in [5.41, 5.74) is 11.1. The van der Waals surface area contributed by atoms with Crippen LogP contribution in [0, 0.1) is 0 Å². The van der Waals surface area contributed by atoms with Crippen molar-refractivity contribution in [3.05, 3.63) is 117 Å². The minimum absolute atomic E-state index is 1.12. The number of benzene rings is 1. The van der Waals surface area contributed by atoms with Crippen LogP contribution in [0.25, 0.3) is 12.2 Å². The molecule has 0 nitrogen and oxygen atoms in total. The van der Waals surface area contributed by atoms with Crippen LogP contribution >= 0.6 is 0 Å². The highest BCUT2D eigenvalue weighted by molar-refractivity contribution is 5.57. The van der Waals surface area contributed by atoms with E-state index in [4.69, 9.17) is 0 Å². The topological polar surface area (TPSA) is 0 Å². The fourth-order valence-electron chi connectivity index (χ4n) is 4.01. The molecule has 0 amide bonds. The van der Waals surface area contributed by atoms with Crippen LogP contribution in [0.4, 0.5) is 0 Å². The lowest BCUT2D eigenvalue weighted by Crippen LogP contribution is -1.80. The number of hydrogen-bond donors (Lipinski definition) is 0. The van der Waals surface area contributed by atoms with Crippen molar-refractivity contribution in [3.63, 3.8) is 0 Å². The van der Waals surface area contributed by atoms with Crippen molar-refractivity contribution in [3.8, 4) is 0 Å². The van der Waals surface area contributed by atoms with E-state index in [2.05, 4.69) is 140 Å². The van der Waals surface area contributed by atoms with E-state index in [1.807, 2.05) is 0 Å². The third kappa shape index (κ3) is 18.4. The van der Waals surface area contributed by atoms with E-state index in [0.29, 0.717) is 0 Å². The third-order valence-corrected chi connectivity index (χ3v) is 6.52. The molecule has 38 heavy (non-hydrogen) atoms. The molecule has 1 aromatic rings. The van der Waals surface area contributed by atoms with Gasteiger partial charge in [0, 0.05) is 0 Å². The van der Waals surface area contributed by atoms with Gasteiger partial charge in [0.1, 0.15) is 0 Å². The van der Waals surface area contributed by atoms with Gasteiger partial charge in [0.2, 0.25) is 0 Å². The zero-order valence-electron chi connectivity index (χ0n) is 25.7. The summed E-state index contributed by atoms with van der Waals surface area (Å²) in [7, 11) is 0. The molecule has 0 unspecified atom stereocenters. The van der Waals surface area contributed by atoms with E-state index in [0.717, 1.165) is 38.5 Å². The summed E-state index contributed by atoms with van der Waals surface area (Å²) in [5.74, 6) is 0. The molecule has 0 radical (unpaired) electrons. The van der Waals surface area contributed by atoms with Crippen molar-refractivity contribution in [2.45, 2.75) is 107 Å². The highest BCUT2D eigenvalue weighted by Crippen LogP contribution is 2.14. The summed E-state index contributed by atoms with van der Waals surface area (Å²) in [5, 5.41) is 0. The van der Waals surface area contributed by atoms with E-state index < -0.39 is 0 Å². The maximum atomic E-state index is 2.40. The van der Waals surface area contributed by atoms with Crippen molar-refractivity contribution in [2.24, 2.45) is 0 Å². The van der Waals surface area contributed by atoms with Gasteiger partial charge in [0.15, 0.2) is 0 Å². The zero-order valence-corrected chi connectivity index (χ0v) is 25.7. The van der Waals surface area contributed by atoms with E-state index >= 15 is 0 Å². The third-order valence-electron chi connectivity index (χ3n) is 6.52. The summed E-state index contributed by atoms with van der Waals surface area (Å²) in [6.45, 7) is 17.6. The highest BCUT2D eigenvalue weighted by atomic mass is 14.0. The molecule has 0 bridgehead atoms. The second-order valence-electron chi connectivity index (χ2n) is 11.2. The molecule has 0 saturated heterocycles. The summed E-state index contributed by atoms with van der Waals surface area (Å²) >= 11 is 0. The van der Waals surface area contributed by atoms with E-state index in [1.165, 1.54) is 57.4 Å². The van der Waals surface area contributed by atoms with Gasteiger partial charge < -0.3 is 0 Å². The molecular formula is C38H54. The first-order valence-electron chi connectivity index (χ1n) is 14.5. The maximum absolute atomic E-state index is 2.40. The van der Waals surface area contributed by atoms with Gasteiger partial charge in [-0.25, -0.2) is 0 Å². The number of allylic oxidation sites excluding steroid dienone is 14. The molecule has 0 N–H and O–H groups in total. The summed E-state index contributed by atoms with van der Waals surface area (Å²) < 4.78 is 0. The zero-order chi connectivity index (χ0) is 28.2. The van der Waals surface area contributed by atoms with E-state index in [-0.39, 0.29) is 0 Å². The molecule has 1 aromatic carbocycles. The van der Waals surface area contributed by atoms with Crippen LogP contribution in [0.2, 0.25) is 0 Å². The first kappa shape index (κ1) is 33.2. The van der Waals surface area contributed by atoms with Gasteiger partial charge in [-0.05, 0) is 118 Å². The molecule has 0 aliphatic heterocycles. The van der Waals surface area contributed by atoms with Gasteiger partial charge in [-0.3, -0.25) is 0 Å². The summed E-state index contributed by atoms with van der Waals surface area (Å²) in [6, 6.07) is 8.77. The Morgan fingerprint density at radius 2 is 0.763 bits per heavy atom. The summed E-state index contributed by atoms with van der Waals surface area (Å²) in [4.78, 5) is 0. The van der Waals surface area contributed by atoms with Gasteiger partial charge in [-0.2, -0.15) is 0 Å². The Hall–Kier alpha value is -2.86. The number of rotatable bonds is 16. The minimum Gasteiger partial charge on any atom is -0.0856 e. The van der Waals surface area contributed by atoms with Gasteiger partial charge in [0.05, 0.1) is 0 Å². The lowest BCUT2D eigenvalue weighted by Gasteiger charge is -2.01. The van der Waals surface area contributed by atoms with Crippen LogP contribution < -0.4 is 0 Å². The molecule has 0 aromatic heterocycles. The van der Waals surface area contributed by atoms with Crippen molar-refractivity contribution in [1.29, 1.82) is 0 Å². The van der Waals surface area contributed by atoms with E-state index in [1.54, 1.807) is 0 Å². The first-order chi connectivity index (χ1) is 18.2. The predicted octanol–water partition coefficient (Wildman–Crippen LogP) is 12.6. The Bertz CT molecular complexity index is 961. The fourth-order valence-corrected chi connectivity index (χ4v) is 4.01. The van der Waals surface area contributed by atoms with Crippen LogP contribution in [0.3, 0.4) is 0 Å². The Morgan fingerprint density at radius 1 is 0.447 bits per heavy atom. The fraction of sp³-hybridized carbons (Fsp3) is 0.421. The van der Waals surface area contributed by atoms with Crippen LogP contribution in [0.5, 0.6) is 0 Å². The van der Waals surface area contributed by atoms with Gasteiger partial charge >= 0.3 is 0 Å². The largest absolute Gasteiger partial charge is 0.0856 e. The lowest BCUT2D eigenvalue weighted by molar-refractivity contribution is 0.918. The second-order valence-corrected chi connectivity index (χ2v) is 11.2. The number of hydrogen-bond acceptors (Lipinski definition) is 0. The van der Waals surface area contributed by atoms with E-state index in [9.17, 15) is 0 Å². The van der Waals surface area contributed by atoms with Crippen LogP contribution in [-0.2, 0) is 0 Å². The molecule has 0 heteroatoms. The molecule has 206 valence electrons. The Labute approximate surface area is 236 Å². The predicted molar refractivity (Wildman–Crippen MR) is 175 cm³/mol. The van der Waals surface area contributed by atoms with Gasteiger partial charge in [-0.15, -0.1) is 0 Å². The minimum atomic E-state index is 1.12. The van der Waals surface area contributed by atoms with Crippen molar-refractivity contribution in [2.75, 3.05) is 0 Å². The molecule has 0 fully saturated rings. The lowest BCUT2D eigenvalue weighted by atomic mass is 10.1. The SMILES string of the molecule is CC(C)=CCC/C(C)=C/CC/C(C)=C/C=C/c1ccc(/C=C/C=C(\C)CC/C=C(\C)CCC=C(C)C)cc1. The summed E-state index contributed by atoms with van der Waals surface area (Å²) in [6.07, 6.45) is 31.8. The molecule has 0 heterocycles. The Kier molecular flexibility index (Phi) is 17.6. The standard InChI is InChI=1S/C38H54/c1-31(2)15-9-17-33(5)19-11-21-35(7)23-13-25-37-27-29-38(30-28-37)26-14-24-36(8)22-12-20-34(6)18-10-16-32(3)4/h13-16,19-20,23-30H,9-12,17-18,21-22H2,1-8H3/b25-13+,26-14+,33-19+,34-20+,35-23+,36-24+. The van der Waals surface area contributed by atoms with Crippen molar-refractivity contribution < 1.29 is 0 Å². The van der Waals surface area contributed by atoms with Crippen molar-refractivity contribution in [1.82, 2.24) is 0 Å². The average Bonchev–Trinajstić information content (AvgIpc) is 2.84. The molecule has 0 aliphatic carbocycles. The highest BCUT2D eigenvalue weighted by Gasteiger charge is 1.93. The first-order valence-corrected chi connectivity index (χ1v) is 14.5.